The SMILES string of the molecule is C=CCOC(=O)c1cc(CC(=C)C)c(C(=O)O)c(CC(=C)C)c1C(=O)O. The molecule has 0 aliphatic heterocycles. The highest BCUT2D eigenvalue weighted by Crippen LogP contribution is 2.28. The predicted octanol–water partition coefficient (Wildman–Crippen LogP) is 3.66. The van der Waals surface area contributed by atoms with Gasteiger partial charge in [0.1, 0.15) is 6.61 Å². The molecule has 26 heavy (non-hydrogen) atoms. The highest BCUT2D eigenvalue weighted by Gasteiger charge is 2.29. The summed E-state index contributed by atoms with van der Waals surface area (Å²) < 4.78 is 4.98. The first-order valence-corrected chi connectivity index (χ1v) is 7.82. The minimum atomic E-state index is -1.41. The van der Waals surface area contributed by atoms with Crippen LogP contribution >= 0.6 is 0 Å². The number of carboxylic acid groups (broad SMARTS) is 2. The Morgan fingerprint density at radius 2 is 1.58 bits per heavy atom. The van der Waals surface area contributed by atoms with E-state index in [-0.39, 0.29) is 41.7 Å². The van der Waals surface area contributed by atoms with Gasteiger partial charge in [0, 0.05) is 0 Å². The maximum atomic E-state index is 12.4. The summed E-state index contributed by atoms with van der Waals surface area (Å²) in [7, 11) is 0. The average molecular weight is 358 g/mol. The molecule has 138 valence electrons. The molecule has 6 nitrogen and oxygen atoms in total. The van der Waals surface area contributed by atoms with Crippen LogP contribution in [0.5, 0.6) is 0 Å². The van der Waals surface area contributed by atoms with Crippen molar-refractivity contribution in [2.75, 3.05) is 6.61 Å². The number of esters is 1. The minimum Gasteiger partial charge on any atom is -0.478 e. The lowest BCUT2D eigenvalue weighted by molar-refractivity contribution is 0.0534. The van der Waals surface area contributed by atoms with Crippen molar-refractivity contribution < 1.29 is 29.3 Å². The summed E-state index contributed by atoms with van der Waals surface area (Å²) in [5.74, 6) is -3.53. The molecule has 0 spiro atoms. The van der Waals surface area contributed by atoms with Crippen molar-refractivity contribution in [2.24, 2.45) is 0 Å². The molecule has 0 radical (unpaired) electrons. The van der Waals surface area contributed by atoms with Crippen molar-refractivity contribution in [1.29, 1.82) is 0 Å². The summed E-state index contributed by atoms with van der Waals surface area (Å²) in [5.41, 5.74) is 0.837. The third-order valence-electron chi connectivity index (χ3n) is 3.46. The zero-order valence-corrected chi connectivity index (χ0v) is 14.9. The maximum Gasteiger partial charge on any atom is 0.339 e. The van der Waals surface area contributed by atoms with Crippen molar-refractivity contribution in [3.05, 3.63) is 70.8 Å². The fraction of sp³-hybridized carbons (Fsp3) is 0.250. The van der Waals surface area contributed by atoms with Gasteiger partial charge in [-0.2, -0.15) is 0 Å². The quantitative estimate of drug-likeness (QED) is 0.516. The average Bonchev–Trinajstić information content (AvgIpc) is 2.50. The maximum absolute atomic E-state index is 12.4. The van der Waals surface area contributed by atoms with E-state index in [9.17, 15) is 24.6 Å². The monoisotopic (exact) mass is 358 g/mol. The van der Waals surface area contributed by atoms with Gasteiger partial charge < -0.3 is 14.9 Å². The first-order valence-electron chi connectivity index (χ1n) is 7.82. The Balaban J connectivity index is 3.88. The Hall–Kier alpha value is -3.15. The lowest BCUT2D eigenvalue weighted by Crippen LogP contribution is -2.20. The Bertz CT molecular complexity index is 801. The van der Waals surface area contributed by atoms with Crippen molar-refractivity contribution in [3.63, 3.8) is 0 Å². The van der Waals surface area contributed by atoms with Gasteiger partial charge in [0.15, 0.2) is 0 Å². The molecular weight excluding hydrogens is 336 g/mol. The van der Waals surface area contributed by atoms with Crippen LogP contribution in [0.1, 0.15) is 56.0 Å². The Kier molecular flexibility index (Phi) is 7.07. The van der Waals surface area contributed by atoms with Gasteiger partial charge in [-0.25, -0.2) is 14.4 Å². The highest BCUT2D eigenvalue weighted by atomic mass is 16.5. The second-order valence-corrected chi connectivity index (χ2v) is 6.08. The molecule has 0 aromatic heterocycles. The number of allylic oxidation sites excluding steroid dienone is 2. The van der Waals surface area contributed by atoms with Crippen molar-refractivity contribution >= 4 is 17.9 Å². The molecule has 0 saturated carbocycles. The smallest absolute Gasteiger partial charge is 0.339 e. The van der Waals surface area contributed by atoms with Crippen molar-refractivity contribution in [2.45, 2.75) is 26.7 Å². The van der Waals surface area contributed by atoms with Crippen LogP contribution in [-0.2, 0) is 17.6 Å². The van der Waals surface area contributed by atoms with E-state index in [1.54, 1.807) is 13.8 Å². The van der Waals surface area contributed by atoms with Crippen LogP contribution in [0.15, 0.2) is 43.0 Å². The normalized spacial score (nSPS) is 10.1. The number of hydrogen-bond acceptors (Lipinski definition) is 4. The fourth-order valence-corrected chi connectivity index (χ4v) is 2.63. The molecular formula is C20H22O6. The van der Waals surface area contributed by atoms with Gasteiger partial charge in [0.25, 0.3) is 0 Å². The van der Waals surface area contributed by atoms with E-state index >= 15 is 0 Å². The van der Waals surface area contributed by atoms with Crippen molar-refractivity contribution in [3.8, 4) is 0 Å². The molecule has 0 amide bonds. The summed E-state index contributed by atoms with van der Waals surface area (Å²) in [6.07, 6.45) is 1.55. The second kappa shape index (κ2) is 8.80. The molecule has 0 unspecified atom stereocenters. The molecule has 0 heterocycles. The van der Waals surface area contributed by atoms with Crippen LogP contribution in [-0.4, -0.2) is 34.7 Å². The van der Waals surface area contributed by atoms with E-state index in [4.69, 9.17) is 4.74 Å². The van der Waals surface area contributed by atoms with Crippen LogP contribution in [0, 0.1) is 0 Å². The van der Waals surface area contributed by atoms with Gasteiger partial charge >= 0.3 is 17.9 Å². The molecule has 1 aromatic carbocycles. The van der Waals surface area contributed by atoms with Gasteiger partial charge in [-0.3, -0.25) is 0 Å². The summed E-state index contributed by atoms with van der Waals surface area (Å²) in [4.78, 5) is 36.1. The van der Waals surface area contributed by atoms with E-state index in [0.29, 0.717) is 16.7 Å². The number of benzene rings is 1. The van der Waals surface area contributed by atoms with Crippen LogP contribution in [0.2, 0.25) is 0 Å². The second-order valence-electron chi connectivity index (χ2n) is 6.08. The van der Waals surface area contributed by atoms with Crippen LogP contribution < -0.4 is 0 Å². The molecule has 0 saturated heterocycles. The summed E-state index contributed by atoms with van der Waals surface area (Å²) in [6, 6.07) is 1.26. The standard InChI is InChI=1S/C20H22O6/c1-6-7-26-20(25)15-10-13(8-11(2)3)16(18(21)22)14(9-12(4)5)17(15)19(23)24/h6,10H,1-2,4,7-9H2,3,5H3,(H,21,22)(H,23,24). The zero-order valence-electron chi connectivity index (χ0n) is 14.9. The number of carbonyl (C=O) groups excluding carboxylic acids is 1. The third kappa shape index (κ3) is 4.92. The number of rotatable bonds is 9. The van der Waals surface area contributed by atoms with Crippen molar-refractivity contribution in [1.82, 2.24) is 0 Å². The predicted molar refractivity (Wildman–Crippen MR) is 97.9 cm³/mol. The topological polar surface area (TPSA) is 101 Å². The largest absolute Gasteiger partial charge is 0.478 e. The molecule has 1 aromatic rings. The third-order valence-corrected chi connectivity index (χ3v) is 3.46. The van der Waals surface area contributed by atoms with E-state index in [1.165, 1.54) is 12.1 Å². The van der Waals surface area contributed by atoms with Gasteiger partial charge in [0.2, 0.25) is 0 Å². The van der Waals surface area contributed by atoms with Gasteiger partial charge in [0.05, 0.1) is 16.7 Å². The lowest BCUT2D eigenvalue weighted by atomic mass is 9.86. The zero-order chi connectivity index (χ0) is 20.0. The molecule has 0 aliphatic rings. The molecule has 2 N–H and O–H groups in total. The molecule has 0 aliphatic carbocycles. The molecule has 0 fully saturated rings. The summed E-state index contributed by atoms with van der Waals surface area (Å²) >= 11 is 0. The number of hydrogen-bond donors (Lipinski definition) is 2. The first kappa shape index (κ1) is 20.9. The van der Waals surface area contributed by atoms with Crippen LogP contribution in [0.25, 0.3) is 0 Å². The Morgan fingerprint density at radius 1 is 1.04 bits per heavy atom. The molecule has 0 bridgehead atoms. The van der Waals surface area contributed by atoms with Crippen LogP contribution in [0.3, 0.4) is 0 Å². The summed E-state index contributed by atoms with van der Waals surface area (Å²) in [5, 5.41) is 19.3. The molecule has 0 atom stereocenters. The number of carboxylic acids is 2. The van der Waals surface area contributed by atoms with Crippen LogP contribution in [0.4, 0.5) is 0 Å². The molecule has 6 heteroatoms. The fourth-order valence-electron chi connectivity index (χ4n) is 2.63. The van der Waals surface area contributed by atoms with E-state index in [1.807, 2.05) is 0 Å². The van der Waals surface area contributed by atoms with Gasteiger partial charge in [-0.05, 0) is 43.9 Å². The Morgan fingerprint density at radius 3 is 2.00 bits per heavy atom. The summed E-state index contributed by atoms with van der Waals surface area (Å²) in [6.45, 7) is 14.2. The van der Waals surface area contributed by atoms with E-state index < -0.39 is 17.9 Å². The van der Waals surface area contributed by atoms with Gasteiger partial charge in [-0.1, -0.05) is 37.0 Å². The van der Waals surface area contributed by atoms with E-state index in [2.05, 4.69) is 19.7 Å². The highest BCUT2D eigenvalue weighted by molar-refractivity contribution is 6.07. The number of ether oxygens (including phenoxy) is 1. The van der Waals surface area contributed by atoms with Gasteiger partial charge in [-0.15, -0.1) is 0 Å². The Labute approximate surface area is 152 Å². The number of carbonyl (C=O) groups is 3. The van der Waals surface area contributed by atoms with E-state index in [0.717, 1.165) is 0 Å². The molecule has 1 rings (SSSR count). The minimum absolute atomic E-state index is 0.00896. The number of aromatic carboxylic acids is 2. The first-order chi connectivity index (χ1) is 12.1. The lowest BCUT2D eigenvalue weighted by Gasteiger charge is -2.18.